The highest BCUT2D eigenvalue weighted by atomic mass is 32.2. The van der Waals surface area contributed by atoms with E-state index in [-0.39, 0.29) is 5.91 Å². The number of amides is 1. The minimum atomic E-state index is -3.53. The van der Waals surface area contributed by atoms with Gasteiger partial charge in [-0.25, -0.2) is 8.42 Å². The summed E-state index contributed by atoms with van der Waals surface area (Å²) < 4.78 is 27.2. The van der Waals surface area contributed by atoms with Crippen LogP contribution in [0.25, 0.3) is 11.1 Å². The van der Waals surface area contributed by atoms with E-state index in [1.165, 1.54) is 15.6 Å². The number of piperazine rings is 1. The second kappa shape index (κ2) is 8.10. The van der Waals surface area contributed by atoms with Crippen molar-refractivity contribution in [2.75, 3.05) is 26.2 Å². The average molecular weight is 427 g/mol. The highest BCUT2D eigenvalue weighted by Crippen LogP contribution is 2.30. The van der Waals surface area contributed by atoms with Crippen LogP contribution in [0.3, 0.4) is 0 Å². The number of benzene rings is 2. The van der Waals surface area contributed by atoms with Gasteiger partial charge in [0.15, 0.2) is 0 Å². The van der Waals surface area contributed by atoms with Crippen LogP contribution in [0.4, 0.5) is 0 Å². The molecular formula is C22H22N2O3S2. The molecule has 29 heavy (non-hydrogen) atoms. The molecule has 1 fully saturated rings. The van der Waals surface area contributed by atoms with Gasteiger partial charge in [0, 0.05) is 31.7 Å². The summed E-state index contributed by atoms with van der Waals surface area (Å²) in [6.07, 6.45) is 0. The lowest BCUT2D eigenvalue weighted by Crippen LogP contribution is -2.50. The van der Waals surface area contributed by atoms with Gasteiger partial charge in [0.05, 0.1) is 9.77 Å². The predicted octanol–water partition coefficient (Wildman–Crippen LogP) is 3.87. The fourth-order valence-corrected chi connectivity index (χ4v) is 5.76. The molecule has 0 spiro atoms. The molecule has 150 valence electrons. The van der Waals surface area contributed by atoms with Crippen LogP contribution < -0.4 is 0 Å². The highest BCUT2D eigenvalue weighted by Gasteiger charge is 2.31. The molecule has 1 aliphatic rings. The van der Waals surface area contributed by atoms with Crippen LogP contribution in [-0.2, 0) is 10.0 Å². The first-order chi connectivity index (χ1) is 14.0. The third-order valence-corrected chi connectivity index (χ3v) is 7.94. The Kier molecular flexibility index (Phi) is 5.54. The standard InChI is InChI=1S/C22H22N2O3S2/c1-17-7-9-19(10-8-17)29(26,27)24-14-12-23(13-15-24)22(25)21-20(11-16-28-21)18-5-3-2-4-6-18/h2-11,16H,12-15H2,1H3. The maximum Gasteiger partial charge on any atom is 0.264 e. The summed E-state index contributed by atoms with van der Waals surface area (Å²) in [5, 5.41) is 1.92. The monoisotopic (exact) mass is 426 g/mol. The number of hydrogen-bond donors (Lipinski definition) is 0. The number of nitrogens with zero attached hydrogens (tertiary/aromatic N) is 2. The van der Waals surface area contributed by atoms with Gasteiger partial charge in [-0.1, -0.05) is 48.0 Å². The molecular weight excluding hydrogens is 404 g/mol. The molecule has 0 atom stereocenters. The van der Waals surface area contributed by atoms with Crippen molar-refractivity contribution >= 4 is 27.3 Å². The Bertz CT molecular complexity index is 1100. The zero-order chi connectivity index (χ0) is 20.4. The Labute approximate surface area is 175 Å². The van der Waals surface area contributed by atoms with E-state index in [0.29, 0.717) is 36.0 Å². The van der Waals surface area contributed by atoms with E-state index in [1.807, 2.05) is 48.7 Å². The smallest absolute Gasteiger partial charge is 0.264 e. The van der Waals surface area contributed by atoms with Crippen molar-refractivity contribution in [3.8, 4) is 11.1 Å². The molecule has 0 bridgehead atoms. The van der Waals surface area contributed by atoms with Crippen LogP contribution in [0.1, 0.15) is 15.2 Å². The molecule has 3 aromatic rings. The summed E-state index contributed by atoms with van der Waals surface area (Å²) in [4.78, 5) is 15.8. The fraction of sp³-hybridized carbons (Fsp3) is 0.227. The van der Waals surface area contributed by atoms with Crippen molar-refractivity contribution in [3.05, 3.63) is 76.5 Å². The van der Waals surface area contributed by atoms with Crippen molar-refractivity contribution in [1.29, 1.82) is 0 Å². The molecule has 0 saturated carbocycles. The Morgan fingerprint density at radius 3 is 2.21 bits per heavy atom. The lowest BCUT2D eigenvalue weighted by atomic mass is 10.1. The zero-order valence-electron chi connectivity index (χ0n) is 16.1. The van der Waals surface area contributed by atoms with Crippen molar-refractivity contribution in [3.63, 3.8) is 0 Å². The minimum absolute atomic E-state index is 0.0359. The number of thiophene rings is 1. The van der Waals surface area contributed by atoms with E-state index in [2.05, 4.69) is 0 Å². The van der Waals surface area contributed by atoms with Crippen molar-refractivity contribution in [2.45, 2.75) is 11.8 Å². The molecule has 0 radical (unpaired) electrons. The maximum atomic E-state index is 13.1. The second-order valence-electron chi connectivity index (χ2n) is 7.04. The summed E-state index contributed by atoms with van der Waals surface area (Å²) in [5.41, 5.74) is 2.96. The molecule has 2 aromatic carbocycles. The molecule has 0 N–H and O–H groups in total. The third kappa shape index (κ3) is 3.99. The summed E-state index contributed by atoms with van der Waals surface area (Å²) in [6.45, 7) is 3.29. The van der Waals surface area contributed by atoms with Crippen LogP contribution in [0.5, 0.6) is 0 Å². The molecule has 1 amide bonds. The lowest BCUT2D eigenvalue weighted by Gasteiger charge is -2.34. The number of sulfonamides is 1. The quantitative estimate of drug-likeness (QED) is 0.636. The Hall–Kier alpha value is -2.48. The van der Waals surface area contributed by atoms with Gasteiger partial charge in [0.25, 0.3) is 5.91 Å². The largest absolute Gasteiger partial charge is 0.335 e. The van der Waals surface area contributed by atoms with Gasteiger partial charge in [0.2, 0.25) is 10.0 Å². The van der Waals surface area contributed by atoms with Crippen LogP contribution in [0.15, 0.2) is 70.9 Å². The topological polar surface area (TPSA) is 57.7 Å². The zero-order valence-corrected chi connectivity index (χ0v) is 17.7. The molecule has 7 heteroatoms. The van der Waals surface area contributed by atoms with Crippen molar-refractivity contribution < 1.29 is 13.2 Å². The van der Waals surface area contributed by atoms with Crippen LogP contribution in [0.2, 0.25) is 0 Å². The van der Waals surface area contributed by atoms with Gasteiger partial charge >= 0.3 is 0 Å². The molecule has 2 heterocycles. The summed E-state index contributed by atoms with van der Waals surface area (Å²) in [7, 11) is -3.53. The number of carbonyl (C=O) groups is 1. The Morgan fingerprint density at radius 1 is 0.897 bits per heavy atom. The van der Waals surface area contributed by atoms with Crippen LogP contribution in [-0.4, -0.2) is 49.7 Å². The van der Waals surface area contributed by atoms with E-state index in [9.17, 15) is 13.2 Å². The van der Waals surface area contributed by atoms with Crippen molar-refractivity contribution in [2.24, 2.45) is 0 Å². The Morgan fingerprint density at radius 2 is 1.55 bits per heavy atom. The fourth-order valence-electron chi connectivity index (χ4n) is 3.45. The first kappa shape index (κ1) is 19.8. The number of aryl methyl sites for hydroxylation is 1. The number of hydrogen-bond acceptors (Lipinski definition) is 4. The van der Waals surface area contributed by atoms with E-state index in [0.717, 1.165) is 16.7 Å². The van der Waals surface area contributed by atoms with Crippen LogP contribution in [0, 0.1) is 6.92 Å². The van der Waals surface area contributed by atoms with E-state index in [1.54, 1.807) is 29.2 Å². The predicted molar refractivity (Wildman–Crippen MR) is 116 cm³/mol. The minimum Gasteiger partial charge on any atom is -0.335 e. The van der Waals surface area contributed by atoms with Gasteiger partial charge in [-0.05, 0) is 36.1 Å². The lowest BCUT2D eigenvalue weighted by molar-refractivity contribution is 0.0703. The van der Waals surface area contributed by atoms with Crippen molar-refractivity contribution in [1.82, 2.24) is 9.21 Å². The van der Waals surface area contributed by atoms with Gasteiger partial charge in [-0.15, -0.1) is 11.3 Å². The first-order valence-electron chi connectivity index (χ1n) is 9.46. The Balaban J connectivity index is 1.47. The second-order valence-corrected chi connectivity index (χ2v) is 9.89. The summed E-state index contributed by atoms with van der Waals surface area (Å²) >= 11 is 1.43. The van der Waals surface area contributed by atoms with E-state index >= 15 is 0 Å². The van der Waals surface area contributed by atoms with Gasteiger partial charge in [-0.2, -0.15) is 4.31 Å². The molecule has 4 rings (SSSR count). The first-order valence-corrected chi connectivity index (χ1v) is 11.8. The number of rotatable bonds is 4. The average Bonchev–Trinajstić information content (AvgIpc) is 3.24. The van der Waals surface area contributed by atoms with E-state index in [4.69, 9.17) is 0 Å². The molecule has 0 unspecified atom stereocenters. The maximum absolute atomic E-state index is 13.1. The summed E-state index contributed by atoms with van der Waals surface area (Å²) in [5.74, 6) is -0.0359. The molecule has 0 aliphatic carbocycles. The SMILES string of the molecule is Cc1ccc(S(=O)(=O)N2CCN(C(=O)c3sccc3-c3ccccc3)CC2)cc1. The molecule has 5 nitrogen and oxygen atoms in total. The summed E-state index contributed by atoms with van der Waals surface area (Å²) in [6, 6.07) is 18.7. The van der Waals surface area contributed by atoms with E-state index < -0.39 is 10.0 Å². The van der Waals surface area contributed by atoms with Crippen LogP contribution >= 0.6 is 11.3 Å². The number of carbonyl (C=O) groups excluding carboxylic acids is 1. The highest BCUT2D eigenvalue weighted by molar-refractivity contribution is 7.89. The molecule has 1 aromatic heterocycles. The van der Waals surface area contributed by atoms with Gasteiger partial charge in [-0.3, -0.25) is 4.79 Å². The third-order valence-electron chi connectivity index (χ3n) is 5.13. The van der Waals surface area contributed by atoms with Gasteiger partial charge in [0.1, 0.15) is 0 Å². The normalized spacial score (nSPS) is 15.4. The van der Waals surface area contributed by atoms with Gasteiger partial charge < -0.3 is 4.90 Å². The molecule has 1 aliphatic heterocycles. The molecule has 1 saturated heterocycles.